The first-order chi connectivity index (χ1) is 11.5. The average molecular weight is 366 g/mol. The van der Waals surface area contributed by atoms with Crippen molar-refractivity contribution in [2.45, 2.75) is 43.8 Å². The fourth-order valence-electron chi connectivity index (χ4n) is 3.95. The minimum absolute atomic E-state index is 0. The summed E-state index contributed by atoms with van der Waals surface area (Å²) >= 11 is 0. The lowest BCUT2D eigenvalue weighted by Crippen LogP contribution is -2.48. The molecule has 134 valence electrons. The minimum Gasteiger partial charge on any atom is -0.337 e. The lowest BCUT2D eigenvalue weighted by molar-refractivity contribution is -0.384. The highest BCUT2D eigenvalue weighted by molar-refractivity contribution is 6.05. The molecule has 1 aromatic heterocycles. The monoisotopic (exact) mass is 365 g/mol. The van der Waals surface area contributed by atoms with Gasteiger partial charge in [0.05, 0.1) is 10.4 Å². The minimum atomic E-state index is -0.463. The molecule has 2 unspecified atom stereocenters. The first-order valence-corrected chi connectivity index (χ1v) is 8.18. The Balaban J connectivity index is 0.00000182. The summed E-state index contributed by atoms with van der Waals surface area (Å²) in [5.74, 6) is -0.187. The molecule has 9 heteroatoms. The molecular weight excluding hydrogens is 346 g/mol. The molecule has 3 heterocycles. The van der Waals surface area contributed by atoms with E-state index in [1.807, 2.05) is 0 Å². The number of hydrogen-bond acceptors (Lipinski definition) is 5. The van der Waals surface area contributed by atoms with Gasteiger partial charge in [-0.1, -0.05) is 0 Å². The second-order valence-electron chi connectivity index (χ2n) is 6.74. The van der Waals surface area contributed by atoms with Gasteiger partial charge < -0.3 is 10.2 Å². The van der Waals surface area contributed by atoms with Crippen LogP contribution in [0.3, 0.4) is 0 Å². The number of carbonyl (C=O) groups excluding carboxylic acids is 1. The largest absolute Gasteiger partial charge is 0.337 e. The van der Waals surface area contributed by atoms with Crippen LogP contribution in [0.4, 0.5) is 5.69 Å². The summed E-state index contributed by atoms with van der Waals surface area (Å²) < 4.78 is 0. The molecule has 0 aliphatic carbocycles. The van der Waals surface area contributed by atoms with Gasteiger partial charge in [0.2, 0.25) is 0 Å². The molecule has 0 saturated carbocycles. The van der Waals surface area contributed by atoms with E-state index in [0.29, 0.717) is 23.0 Å². The maximum atomic E-state index is 12.9. The van der Waals surface area contributed by atoms with E-state index in [1.165, 1.54) is 25.0 Å². The Kier molecular flexibility index (Phi) is 4.66. The number of nitro groups is 1. The Morgan fingerprint density at radius 2 is 2.00 bits per heavy atom. The Morgan fingerprint density at radius 1 is 1.32 bits per heavy atom. The molecule has 2 fully saturated rings. The van der Waals surface area contributed by atoms with Gasteiger partial charge in [0.15, 0.2) is 5.69 Å². The van der Waals surface area contributed by atoms with E-state index in [1.54, 1.807) is 18.0 Å². The molecule has 2 atom stereocenters. The van der Waals surface area contributed by atoms with Gasteiger partial charge in [-0.25, -0.2) is 0 Å². The van der Waals surface area contributed by atoms with E-state index in [2.05, 4.69) is 15.5 Å². The van der Waals surface area contributed by atoms with E-state index in [-0.39, 0.29) is 35.7 Å². The zero-order valence-electron chi connectivity index (χ0n) is 13.8. The highest BCUT2D eigenvalue weighted by Gasteiger charge is 2.37. The van der Waals surface area contributed by atoms with Crippen molar-refractivity contribution in [3.8, 4) is 0 Å². The molecule has 25 heavy (non-hydrogen) atoms. The van der Waals surface area contributed by atoms with E-state index in [4.69, 9.17) is 0 Å². The fourth-order valence-corrected chi connectivity index (χ4v) is 3.95. The molecule has 0 radical (unpaired) electrons. The molecule has 2 bridgehead atoms. The van der Waals surface area contributed by atoms with E-state index < -0.39 is 4.92 Å². The van der Waals surface area contributed by atoms with E-state index in [0.717, 1.165) is 12.8 Å². The Morgan fingerprint density at radius 3 is 2.64 bits per heavy atom. The number of nitro benzene ring substituents is 1. The molecule has 8 nitrogen and oxygen atoms in total. The number of non-ortho nitro benzene ring substituents is 1. The first-order valence-electron chi connectivity index (χ1n) is 8.18. The topological polar surface area (TPSA) is 104 Å². The van der Waals surface area contributed by atoms with Gasteiger partial charge in [0.25, 0.3) is 11.6 Å². The summed E-state index contributed by atoms with van der Waals surface area (Å²) in [6, 6.07) is 5.56. The summed E-state index contributed by atoms with van der Waals surface area (Å²) in [6.07, 6.45) is 4.23. The number of rotatable bonds is 3. The van der Waals surface area contributed by atoms with Gasteiger partial charge in [-0.15, -0.1) is 12.4 Å². The number of amides is 1. The SMILES string of the molecule is CN(C(=O)c1n[nH]c2ccc([N+](=O)[O-])cc12)C1CC2CCC(C1)N2.Cl. The van der Waals surface area contributed by atoms with Crippen molar-refractivity contribution in [2.75, 3.05) is 7.05 Å². The van der Waals surface area contributed by atoms with Crippen molar-refractivity contribution in [2.24, 2.45) is 0 Å². The fraction of sp³-hybridized carbons (Fsp3) is 0.500. The number of carbonyl (C=O) groups is 1. The highest BCUT2D eigenvalue weighted by atomic mass is 35.5. The van der Waals surface area contributed by atoms with Crippen molar-refractivity contribution in [3.63, 3.8) is 0 Å². The number of aromatic amines is 1. The van der Waals surface area contributed by atoms with Crippen molar-refractivity contribution < 1.29 is 9.72 Å². The van der Waals surface area contributed by atoms with Gasteiger partial charge in [-0.3, -0.25) is 20.0 Å². The van der Waals surface area contributed by atoms with Crippen molar-refractivity contribution in [3.05, 3.63) is 34.0 Å². The van der Waals surface area contributed by atoms with Crippen LogP contribution in [0, 0.1) is 10.1 Å². The number of hydrogen-bond donors (Lipinski definition) is 2. The van der Waals surface area contributed by atoms with Gasteiger partial charge in [0, 0.05) is 42.7 Å². The smallest absolute Gasteiger partial charge is 0.274 e. The van der Waals surface area contributed by atoms with Crippen LogP contribution in [0.5, 0.6) is 0 Å². The third kappa shape index (κ3) is 3.07. The number of fused-ring (bicyclic) bond motifs is 3. The first kappa shape index (κ1) is 17.6. The highest BCUT2D eigenvalue weighted by Crippen LogP contribution is 2.30. The zero-order chi connectivity index (χ0) is 16.8. The molecule has 4 rings (SSSR count). The summed E-state index contributed by atoms with van der Waals surface area (Å²) in [6.45, 7) is 0. The predicted octanol–water partition coefficient (Wildman–Crippen LogP) is 2.25. The van der Waals surface area contributed by atoms with Crippen LogP contribution in [0.25, 0.3) is 10.9 Å². The van der Waals surface area contributed by atoms with Crippen LogP contribution in [-0.2, 0) is 0 Å². The van der Waals surface area contributed by atoms with E-state index in [9.17, 15) is 14.9 Å². The molecule has 2 N–H and O–H groups in total. The van der Waals surface area contributed by atoms with Gasteiger partial charge >= 0.3 is 0 Å². The van der Waals surface area contributed by atoms with Crippen LogP contribution in [0.2, 0.25) is 0 Å². The third-order valence-corrected chi connectivity index (χ3v) is 5.28. The lowest BCUT2D eigenvalue weighted by atomic mass is 9.98. The number of benzene rings is 1. The Labute approximate surface area is 150 Å². The second kappa shape index (κ2) is 6.61. The van der Waals surface area contributed by atoms with E-state index >= 15 is 0 Å². The summed E-state index contributed by atoms with van der Waals surface area (Å²) in [7, 11) is 1.80. The van der Waals surface area contributed by atoms with Gasteiger partial charge in [0.1, 0.15) is 0 Å². The molecule has 2 saturated heterocycles. The molecule has 0 spiro atoms. The van der Waals surface area contributed by atoms with Crippen LogP contribution < -0.4 is 5.32 Å². The standard InChI is InChI=1S/C16H19N5O3.ClH/c1-20(12-6-9-2-3-10(7-12)17-9)16(22)15-13-8-11(21(23)24)4-5-14(13)18-19-15;/h4-5,8-10,12,17H,2-3,6-7H2,1H3,(H,18,19);1H. The normalized spacial score (nSPS) is 24.8. The number of halogens is 1. The van der Waals surface area contributed by atoms with Gasteiger partial charge in [-0.05, 0) is 31.7 Å². The maximum Gasteiger partial charge on any atom is 0.274 e. The van der Waals surface area contributed by atoms with Crippen LogP contribution in [0.15, 0.2) is 18.2 Å². The number of nitrogens with zero attached hydrogens (tertiary/aromatic N) is 3. The Hall–Kier alpha value is -2.19. The Bertz CT molecular complexity index is 811. The molecule has 1 amide bonds. The van der Waals surface area contributed by atoms with Crippen LogP contribution >= 0.6 is 12.4 Å². The summed E-state index contributed by atoms with van der Waals surface area (Å²) in [4.78, 5) is 25.2. The summed E-state index contributed by atoms with van der Waals surface area (Å²) in [5.41, 5.74) is 0.838. The lowest BCUT2D eigenvalue weighted by Gasteiger charge is -2.35. The molecular formula is C16H20ClN5O3. The number of nitrogens with one attached hydrogen (secondary N) is 2. The van der Waals surface area contributed by atoms with Crippen molar-refractivity contribution in [1.29, 1.82) is 0 Å². The maximum absolute atomic E-state index is 12.9. The predicted molar refractivity (Wildman–Crippen MR) is 95.1 cm³/mol. The van der Waals surface area contributed by atoms with Crippen LogP contribution in [-0.4, -0.2) is 51.1 Å². The van der Waals surface area contributed by atoms with Crippen molar-refractivity contribution in [1.82, 2.24) is 20.4 Å². The van der Waals surface area contributed by atoms with Gasteiger partial charge in [-0.2, -0.15) is 5.10 Å². The molecule has 2 aromatic rings. The third-order valence-electron chi connectivity index (χ3n) is 5.28. The van der Waals surface area contributed by atoms with Crippen LogP contribution in [0.1, 0.15) is 36.2 Å². The molecule has 1 aromatic carbocycles. The summed E-state index contributed by atoms with van der Waals surface area (Å²) in [5, 5.41) is 21.9. The average Bonchev–Trinajstić information content (AvgIpc) is 3.15. The number of H-pyrrole nitrogens is 1. The quantitative estimate of drug-likeness (QED) is 0.641. The number of piperidine rings is 1. The van der Waals surface area contributed by atoms with Crippen molar-refractivity contribution >= 4 is 34.9 Å². The number of aromatic nitrogens is 2. The zero-order valence-corrected chi connectivity index (χ0v) is 14.6. The second-order valence-corrected chi connectivity index (χ2v) is 6.74. The molecule has 2 aliphatic heterocycles. The molecule has 2 aliphatic rings.